The summed E-state index contributed by atoms with van der Waals surface area (Å²) in [4.78, 5) is 23.1. The van der Waals surface area contributed by atoms with Crippen molar-refractivity contribution >= 4 is 11.8 Å². The van der Waals surface area contributed by atoms with Crippen LogP contribution >= 0.6 is 0 Å². The average molecular weight is 297 g/mol. The number of rotatable bonds is 7. The van der Waals surface area contributed by atoms with E-state index in [-0.39, 0.29) is 6.42 Å². The molecule has 0 unspecified atom stereocenters. The van der Waals surface area contributed by atoms with Gasteiger partial charge in [0.25, 0.3) is 0 Å². The van der Waals surface area contributed by atoms with Gasteiger partial charge in [0.1, 0.15) is 12.2 Å². The molecule has 7 nitrogen and oxygen atoms in total. The van der Waals surface area contributed by atoms with Gasteiger partial charge in [0.15, 0.2) is 0 Å². The highest BCUT2D eigenvalue weighted by atomic mass is 16.4. The standard InChI is InChI=1S/C14H19NO6/c16-8-11(18)14(21)10(17)7-13(20)15-12(19)6-9-4-2-1-3-5-9/h1-5,10-11,14,16-18,21H,6-8H2,(H,15,19,20)/t10-,11-,14+/m1/s1. The van der Waals surface area contributed by atoms with Gasteiger partial charge in [-0.1, -0.05) is 30.3 Å². The minimum Gasteiger partial charge on any atom is -0.394 e. The number of aliphatic hydroxyl groups is 4. The molecule has 0 spiro atoms. The lowest BCUT2D eigenvalue weighted by molar-refractivity contribution is -0.134. The molecule has 7 heteroatoms. The molecule has 3 atom stereocenters. The molecular formula is C14H19NO6. The Morgan fingerprint density at radius 3 is 2.19 bits per heavy atom. The maximum Gasteiger partial charge on any atom is 0.230 e. The first-order chi connectivity index (χ1) is 9.93. The van der Waals surface area contributed by atoms with Crippen molar-refractivity contribution in [3.63, 3.8) is 0 Å². The lowest BCUT2D eigenvalue weighted by Crippen LogP contribution is -2.43. The molecule has 5 N–H and O–H groups in total. The van der Waals surface area contributed by atoms with Crippen molar-refractivity contribution in [2.75, 3.05) is 6.61 Å². The molecule has 2 amide bonds. The lowest BCUT2D eigenvalue weighted by Gasteiger charge is -2.20. The van der Waals surface area contributed by atoms with Gasteiger partial charge in [-0.25, -0.2) is 0 Å². The van der Waals surface area contributed by atoms with E-state index in [1.54, 1.807) is 30.3 Å². The Labute approximate surface area is 121 Å². The van der Waals surface area contributed by atoms with Gasteiger partial charge in [-0.05, 0) is 5.56 Å². The quantitative estimate of drug-likeness (QED) is 0.410. The molecule has 0 heterocycles. The van der Waals surface area contributed by atoms with Crippen LogP contribution < -0.4 is 5.32 Å². The number of carbonyl (C=O) groups excluding carboxylic acids is 2. The largest absolute Gasteiger partial charge is 0.394 e. The van der Waals surface area contributed by atoms with Crippen LogP contribution in [0.25, 0.3) is 0 Å². The van der Waals surface area contributed by atoms with Crippen molar-refractivity contribution in [3.05, 3.63) is 35.9 Å². The molecule has 0 saturated heterocycles. The fraction of sp³-hybridized carbons (Fsp3) is 0.429. The molecule has 0 aliphatic rings. The number of benzene rings is 1. The van der Waals surface area contributed by atoms with Crippen LogP contribution in [-0.2, 0) is 16.0 Å². The summed E-state index contributed by atoms with van der Waals surface area (Å²) >= 11 is 0. The Morgan fingerprint density at radius 1 is 1.00 bits per heavy atom. The highest BCUT2D eigenvalue weighted by Crippen LogP contribution is 2.04. The molecule has 21 heavy (non-hydrogen) atoms. The highest BCUT2D eigenvalue weighted by Gasteiger charge is 2.26. The fourth-order valence-corrected chi connectivity index (χ4v) is 1.71. The molecule has 1 aromatic carbocycles. The molecule has 1 aromatic rings. The monoisotopic (exact) mass is 297 g/mol. The molecule has 0 saturated carbocycles. The number of hydrogen-bond acceptors (Lipinski definition) is 6. The predicted octanol–water partition coefficient (Wildman–Crippen LogP) is -1.66. The molecule has 0 aromatic heterocycles. The smallest absolute Gasteiger partial charge is 0.230 e. The van der Waals surface area contributed by atoms with Crippen LogP contribution in [0.15, 0.2) is 30.3 Å². The summed E-state index contributed by atoms with van der Waals surface area (Å²) in [6, 6.07) is 8.80. The van der Waals surface area contributed by atoms with E-state index < -0.39 is 43.2 Å². The van der Waals surface area contributed by atoms with Crippen LogP contribution in [-0.4, -0.2) is 57.2 Å². The third kappa shape index (κ3) is 6.01. The molecule has 1 rings (SSSR count). The molecule has 0 aliphatic carbocycles. The number of hydrogen-bond donors (Lipinski definition) is 5. The van der Waals surface area contributed by atoms with Gasteiger partial charge in [0.2, 0.25) is 11.8 Å². The normalized spacial score (nSPS) is 15.0. The highest BCUT2D eigenvalue weighted by molar-refractivity contribution is 5.96. The van der Waals surface area contributed by atoms with Crippen LogP contribution in [0.5, 0.6) is 0 Å². The van der Waals surface area contributed by atoms with Gasteiger partial charge in [0, 0.05) is 0 Å². The third-order valence-electron chi connectivity index (χ3n) is 2.86. The van der Waals surface area contributed by atoms with E-state index in [9.17, 15) is 19.8 Å². The van der Waals surface area contributed by atoms with E-state index in [2.05, 4.69) is 5.32 Å². The molecule has 0 aliphatic heterocycles. The van der Waals surface area contributed by atoms with Crippen molar-refractivity contribution in [2.24, 2.45) is 0 Å². The molecule has 0 fully saturated rings. The van der Waals surface area contributed by atoms with Crippen LogP contribution in [0, 0.1) is 0 Å². The maximum atomic E-state index is 11.6. The summed E-state index contributed by atoms with van der Waals surface area (Å²) in [6.45, 7) is -0.743. The van der Waals surface area contributed by atoms with Gasteiger partial charge in [-0.2, -0.15) is 0 Å². The van der Waals surface area contributed by atoms with E-state index in [0.717, 1.165) is 5.56 Å². The lowest BCUT2D eigenvalue weighted by atomic mass is 10.1. The average Bonchev–Trinajstić information content (AvgIpc) is 2.46. The van der Waals surface area contributed by atoms with E-state index >= 15 is 0 Å². The Hall–Kier alpha value is -1.80. The summed E-state index contributed by atoms with van der Waals surface area (Å²) in [5.41, 5.74) is 0.735. The van der Waals surface area contributed by atoms with Crippen molar-refractivity contribution < 1.29 is 30.0 Å². The van der Waals surface area contributed by atoms with Crippen LogP contribution in [0.1, 0.15) is 12.0 Å². The Morgan fingerprint density at radius 2 is 1.62 bits per heavy atom. The zero-order valence-electron chi connectivity index (χ0n) is 11.3. The van der Waals surface area contributed by atoms with Crippen LogP contribution in [0.4, 0.5) is 0 Å². The summed E-state index contributed by atoms with van der Waals surface area (Å²) < 4.78 is 0. The number of nitrogens with one attached hydrogen (secondary N) is 1. The summed E-state index contributed by atoms with van der Waals surface area (Å²) in [7, 11) is 0. The Bertz CT molecular complexity index is 464. The van der Waals surface area contributed by atoms with Crippen LogP contribution in [0.3, 0.4) is 0 Å². The van der Waals surface area contributed by atoms with Gasteiger partial charge in [-0.3, -0.25) is 14.9 Å². The van der Waals surface area contributed by atoms with Gasteiger partial charge < -0.3 is 20.4 Å². The first-order valence-electron chi connectivity index (χ1n) is 6.45. The minimum absolute atomic E-state index is 0.0183. The first kappa shape index (κ1) is 17.3. The van der Waals surface area contributed by atoms with E-state index in [1.807, 2.05) is 0 Å². The number of carbonyl (C=O) groups is 2. The maximum absolute atomic E-state index is 11.6. The topological polar surface area (TPSA) is 127 Å². The second-order valence-electron chi connectivity index (χ2n) is 4.65. The van der Waals surface area contributed by atoms with E-state index in [0.29, 0.717) is 0 Å². The van der Waals surface area contributed by atoms with Crippen LogP contribution in [0.2, 0.25) is 0 Å². The predicted molar refractivity (Wildman–Crippen MR) is 73.0 cm³/mol. The third-order valence-corrected chi connectivity index (χ3v) is 2.86. The van der Waals surface area contributed by atoms with Crippen molar-refractivity contribution in [3.8, 4) is 0 Å². The van der Waals surface area contributed by atoms with Crippen molar-refractivity contribution in [1.82, 2.24) is 5.32 Å². The van der Waals surface area contributed by atoms with E-state index in [4.69, 9.17) is 10.2 Å². The first-order valence-corrected chi connectivity index (χ1v) is 6.45. The number of imide groups is 1. The SMILES string of the molecule is O=C(Cc1ccccc1)NC(=O)C[C@@H](O)[C@H](O)[C@H](O)CO. The summed E-state index contributed by atoms with van der Waals surface area (Å²) in [5, 5.41) is 38.7. The second kappa shape index (κ2) is 8.48. The van der Waals surface area contributed by atoms with Crippen molar-refractivity contribution in [1.29, 1.82) is 0 Å². The molecule has 0 bridgehead atoms. The van der Waals surface area contributed by atoms with Crippen molar-refractivity contribution in [2.45, 2.75) is 31.2 Å². The minimum atomic E-state index is -1.66. The molecule has 0 radical (unpaired) electrons. The van der Waals surface area contributed by atoms with E-state index in [1.165, 1.54) is 0 Å². The van der Waals surface area contributed by atoms with Gasteiger partial charge in [-0.15, -0.1) is 0 Å². The fourth-order valence-electron chi connectivity index (χ4n) is 1.71. The Balaban J connectivity index is 2.41. The molecule has 116 valence electrons. The molecular weight excluding hydrogens is 278 g/mol. The summed E-state index contributed by atoms with van der Waals surface area (Å²) in [5.74, 6) is -1.30. The summed E-state index contributed by atoms with van der Waals surface area (Å²) in [6.07, 6.45) is -5.32. The second-order valence-corrected chi connectivity index (χ2v) is 4.65. The Kier molecular flexibility index (Phi) is 6.97. The van der Waals surface area contributed by atoms with Gasteiger partial charge >= 0.3 is 0 Å². The number of aliphatic hydroxyl groups excluding tert-OH is 4. The van der Waals surface area contributed by atoms with Gasteiger partial charge in [0.05, 0.1) is 25.6 Å². The number of amides is 2. The zero-order chi connectivity index (χ0) is 15.8. The zero-order valence-corrected chi connectivity index (χ0v) is 11.3.